The highest BCUT2D eigenvalue weighted by molar-refractivity contribution is 6.04. The van der Waals surface area contributed by atoms with E-state index in [9.17, 15) is 22.8 Å². The molecule has 1 heterocycles. The first kappa shape index (κ1) is 14.8. The smallest absolute Gasteiger partial charge is 0.322 e. The summed E-state index contributed by atoms with van der Waals surface area (Å²) >= 11 is 0. The number of hydrogen-bond donors (Lipinski definition) is 2. The van der Waals surface area contributed by atoms with Gasteiger partial charge in [0, 0.05) is 5.69 Å². The summed E-state index contributed by atoms with van der Waals surface area (Å²) in [4.78, 5) is 25.1. The minimum atomic E-state index is -4.66. The highest BCUT2D eigenvalue weighted by atomic mass is 19.4. The summed E-state index contributed by atoms with van der Waals surface area (Å²) in [6, 6.07) is 8.33. The number of carbonyl (C=O) groups excluding carboxylic acids is 1. The summed E-state index contributed by atoms with van der Waals surface area (Å²) in [5, 5.41) is 2.46. The van der Waals surface area contributed by atoms with Crippen molar-refractivity contribution in [1.82, 2.24) is 4.98 Å². The number of aryl methyl sites for hydroxylation is 1. The molecule has 0 aliphatic heterocycles. The molecule has 0 radical (unpaired) electrons. The van der Waals surface area contributed by atoms with E-state index in [1.165, 1.54) is 0 Å². The maximum Gasteiger partial charge on any atom is 0.431 e. The van der Waals surface area contributed by atoms with Crippen LogP contribution in [0.3, 0.4) is 0 Å². The molecular formula is C14H11F3N2O2. The molecule has 2 N–H and O–H groups in total. The lowest BCUT2D eigenvalue weighted by molar-refractivity contribution is -0.141. The predicted molar refractivity (Wildman–Crippen MR) is 71.2 cm³/mol. The predicted octanol–water partition coefficient (Wildman–Crippen LogP) is 2.95. The fraction of sp³-hybridized carbons (Fsp3) is 0.143. The van der Waals surface area contributed by atoms with Gasteiger partial charge < -0.3 is 10.3 Å². The van der Waals surface area contributed by atoms with Gasteiger partial charge in [-0.1, -0.05) is 12.1 Å². The van der Waals surface area contributed by atoms with Crippen LogP contribution in [0.4, 0.5) is 18.9 Å². The van der Waals surface area contributed by atoms with Crippen molar-refractivity contribution in [3.8, 4) is 0 Å². The molecule has 2 aromatic rings. The molecule has 1 aromatic heterocycles. The number of amides is 1. The van der Waals surface area contributed by atoms with Crippen molar-refractivity contribution in [3.05, 3.63) is 63.6 Å². The highest BCUT2D eigenvalue weighted by Gasteiger charge is 2.32. The molecule has 4 nitrogen and oxygen atoms in total. The average molecular weight is 296 g/mol. The molecule has 21 heavy (non-hydrogen) atoms. The zero-order valence-corrected chi connectivity index (χ0v) is 10.9. The first-order valence-electron chi connectivity index (χ1n) is 5.96. The number of alkyl halides is 3. The van der Waals surface area contributed by atoms with Gasteiger partial charge in [0.2, 0.25) is 0 Å². The van der Waals surface area contributed by atoms with Crippen molar-refractivity contribution in [1.29, 1.82) is 0 Å². The number of H-pyrrole nitrogens is 1. The van der Waals surface area contributed by atoms with E-state index in [4.69, 9.17) is 0 Å². The van der Waals surface area contributed by atoms with E-state index in [1.807, 2.05) is 13.0 Å². The second kappa shape index (κ2) is 5.43. The maximum absolute atomic E-state index is 12.4. The molecule has 7 heteroatoms. The summed E-state index contributed by atoms with van der Waals surface area (Å²) in [6.45, 7) is 1.82. The van der Waals surface area contributed by atoms with E-state index in [1.54, 1.807) is 23.2 Å². The highest BCUT2D eigenvalue weighted by Crippen LogP contribution is 2.26. The Kier molecular flexibility index (Phi) is 3.84. The van der Waals surface area contributed by atoms with Crippen LogP contribution >= 0.6 is 0 Å². The van der Waals surface area contributed by atoms with Crippen molar-refractivity contribution >= 4 is 11.6 Å². The lowest BCUT2D eigenvalue weighted by Crippen LogP contribution is -2.25. The number of carbonyl (C=O) groups is 1. The summed E-state index contributed by atoms with van der Waals surface area (Å²) in [7, 11) is 0. The van der Waals surface area contributed by atoms with Gasteiger partial charge in [0.15, 0.2) is 0 Å². The third kappa shape index (κ3) is 3.50. The normalized spacial score (nSPS) is 11.2. The number of pyridine rings is 1. The summed E-state index contributed by atoms with van der Waals surface area (Å²) in [5.41, 5.74) is -1.31. The lowest BCUT2D eigenvalue weighted by atomic mass is 10.2. The first-order valence-corrected chi connectivity index (χ1v) is 5.96. The number of anilines is 1. The molecular weight excluding hydrogens is 285 g/mol. The summed E-state index contributed by atoms with van der Waals surface area (Å²) in [6.07, 6.45) is -4.66. The van der Waals surface area contributed by atoms with Crippen LogP contribution in [0.25, 0.3) is 0 Å². The van der Waals surface area contributed by atoms with E-state index < -0.39 is 23.3 Å². The number of hydrogen-bond acceptors (Lipinski definition) is 2. The average Bonchev–Trinajstić information content (AvgIpc) is 2.37. The molecule has 0 unspecified atom stereocenters. The van der Waals surface area contributed by atoms with E-state index in [0.29, 0.717) is 11.8 Å². The van der Waals surface area contributed by atoms with Gasteiger partial charge in [-0.05, 0) is 36.8 Å². The number of benzene rings is 1. The summed E-state index contributed by atoms with van der Waals surface area (Å²) in [5.74, 6) is -0.768. The molecule has 2 rings (SSSR count). The largest absolute Gasteiger partial charge is 0.431 e. The number of halogens is 3. The van der Waals surface area contributed by atoms with Gasteiger partial charge in [0.1, 0.15) is 11.3 Å². The molecule has 0 fully saturated rings. The Morgan fingerprint density at radius 3 is 2.48 bits per heavy atom. The van der Waals surface area contributed by atoms with Crippen LogP contribution in [-0.4, -0.2) is 10.9 Å². The third-order valence-electron chi connectivity index (χ3n) is 2.74. The van der Waals surface area contributed by atoms with Crippen molar-refractivity contribution < 1.29 is 18.0 Å². The minimum absolute atomic E-state index is 0.385. The molecule has 0 bridgehead atoms. The molecule has 0 spiro atoms. The van der Waals surface area contributed by atoms with Crippen LogP contribution in [-0.2, 0) is 6.18 Å². The van der Waals surface area contributed by atoms with Gasteiger partial charge in [-0.2, -0.15) is 13.2 Å². The Balaban J connectivity index is 2.26. The van der Waals surface area contributed by atoms with Gasteiger partial charge in [-0.15, -0.1) is 0 Å². The van der Waals surface area contributed by atoms with Gasteiger partial charge in [0.25, 0.3) is 11.5 Å². The van der Waals surface area contributed by atoms with Crippen molar-refractivity contribution in [2.45, 2.75) is 13.1 Å². The van der Waals surface area contributed by atoms with Crippen LogP contribution in [0.15, 0.2) is 41.2 Å². The molecule has 0 saturated heterocycles. The van der Waals surface area contributed by atoms with Gasteiger partial charge >= 0.3 is 6.18 Å². The maximum atomic E-state index is 12.4. The topological polar surface area (TPSA) is 62.0 Å². The third-order valence-corrected chi connectivity index (χ3v) is 2.74. The summed E-state index contributed by atoms with van der Waals surface area (Å²) < 4.78 is 37.3. The van der Waals surface area contributed by atoms with Crippen molar-refractivity contribution in [2.75, 3.05) is 5.32 Å². The van der Waals surface area contributed by atoms with Gasteiger partial charge in [0.05, 0.1) is 0 Å². The Morgan fingerprint density at radius 1 is 1.19 bits per heavy atom. The second-order valence-corrected chi connectivity index (χ2v) is 4.44. The Morgan fingerprint density at radius 2 is 1.90 bits per heavy atom. The number of aromatic nitrogens is 1. The van der Waals surface area contributed by atoms with Gasteiger partial charge in [-0.25, -0.2) is 0 Å². The number of aromatic amines is 1. The monoisotopic (exact) mass is 296 g/mol. The minimum Gasteiger partial charge on any atom is -0.322 e. The lowest BCUT2D eigenvalue weighted by Gasteiger charge is -2.08. The molecule has 0 atom stereocenters. The SMILES string of the molecule is Cc1cccc(NC(=O)c2ccc(C(F)(F)F)[nH]c2=O)c1. The molecule has 1 aromatic carbocycles. The van der Waals surface area contributed by atoms with Crippen molar-refractivity contribution in [2.24, 2.45) is 0 Å². The van der Waals surface area contributed by atoms with Crippen molar-refractivity contribution in [3.63, 3.8) is 0 Å². The Hall–Kier alpha value is -2.57. The van der Waals surface area contributed by atoms with E-state index in [-0.39, 0.29) is 5.56 Å². The Bertz CT molecular complexity index is 735. The number of nitrogens with one attached hydrogen (secondary N) is 2. The molecule has 0 aliphatic carbocycles. The second-order valence-electron chi connectivity index (χ2n) is 4.44. The molecule has 0 aliphatic rings. The van der Waals surface area contributed by atoms with E-state index >= 15 is 0 Å². The quantitative estimate of drug-likeness (QED) is 0.895. The fourth-order valence-corrected chi connectivity index (χ4v) is 1.74. The van der Waals surface area contributed by atoms with Gasteiger partial charge in [-0.3, -0.25) is 9.59 Å². The number of rotatable bonds is 2. The standard InChI is InChI=1S/C14H11F3N2O2/c1-8-3-2-4-9(7-8)18-12(20)10-5-6-11(14(15,16)17)19-13(10)21/h2-7H,1H3,(H,18,20)(H,19,21). The van der Waals surface area contributed by atoms with Crippen LogP contribution in [0, 0.1) is 6.92 Å². The van der Waals surface area contributed by atoms with Crippen LogP contribution in [0.5, 0.6) is 0 Å². The van der Waals surface area contributed by atoms with Crippen LogP contribution in [0.2, 0.25) is 0 Å². The Labute approximate surface area is 117 Å². The van der Waals surface area contributed by atoms with E-state index in [0.717, 1.165) is 11.6 Å². The van der Waals surface area contributed by atoms with E-state index in [2.05, 4.69) is 5.32 Å². The molecule has 0 saturated carbocycles. The van der Waals surface area contributed by atoms with Crippen LogP contribution < -0.4 is 10.9 Å². The fourth-order valence-electron chi connectivity index (χ4n) is 1.74. The molecule has 110 valence electrons. The zero-order chi connectivity index (χ0) is 15.6. The zero-order valence-electron chi connectivity index (χ0n) is 10.9. The molecule has 1 amide bonds. The first-order chi connectivity index (χ1) is 9.77. The van der Waals surface area contributed by atoms with Crippen LogP contribution in [0.1, 0.15) is 21.6 Å².